The number of phenols is 1. The van der Waals surface area contributed by atoms with Crippen molar-refractivity contribution in [2.45, 2.75) is 31.7 Å². The molecule has 1 aliphatic carbocycles. The molecule has 0 heterocycles. The molecule has 0 bridgehead atoms. The highest BCUT2D eigenvalue weighted by molar-refractivity contribution is 5.36. The molecule has 3 N–H and O–H groups in total. The van der Waals surface area contributed by atoms with Gasteiger partial charge in [-0.2, -0.15) is 0 Å². The third-order valence-electron chi connectivity index (χ3n) is 2.69. The van der Waals surface area contributed by atoms with Gasteiger partial charge in [-0.15, -0.1) is 0 Å². The van der Waals surface area contributed by atoms with E-state index in [1.54, 1.807) is 6.07 Å². The fraction of sp³-hybridized carbons (Fsp3) is 0.455. The van der Waals surface area contributed by atoms with Crippen LogP contribution in [0, 0.1) is 0 Å². The highest BCUT2D eigenvalue weighted by Crippen LogP contribution is 2.23. The molecule has 0 saturated heterocycles. The number of hydrogen-bond donors (Lipinski definition) is 2. The van der Waals surface area contributed by atoms with E-state index in [-0.39, 0.29) is 0 Å². The SMILES string of the molecule is NC1CCCc2cc(O)ccc2C1. The normalized spacial score (nSPS) is 22.1. The molecule has 2 rings (SSSR count). The molecule has 1 aliphatic rings. The van der Waals surface area contributed by atoms with Crippen molar-refractivity contribution in [3.63, 3.8) is 0 Å². The summed E-state index contributed by atoms with van der Waals surface area (Å²) in [5, 5.41) is 9.31. The van der Waals surface area contributed by atoms with E-state index >= 15 is 0 Å². The summed E-state index contributed by atoms with van der Waals surface area (Å²) in [6.45, 7) is 0. The summed E-state index contributed by atoms with van der Waals surface area (Å²) < 4.78 is 0. The van der Waals surface area contributed by atoms with E-state index in [4.69, 9.17) is 5.73 Å². The van der Waals surface area contributed by atoms with Gasteiger partial charge in [-0.05, 0) is 48.9 Å². The summed E-state index contributed by atoms with van der Waals surface area (Å²) in [4.78, 5) is 0. The van der Waals surface area contributed by atoms with E-state index in [0.29, 0.717) is 11.8 Å². The molecule has 0 spiro atoms. The predicted molar refractivity (Wildman–Crippen MR) is 52.7 cm³/mol. The van der Waals surface area contributed by atoms with Gasteiger partial charge in [0.25, 0.3) is 0 Å². The van der Waals surface area contributed by atoms with Gasteiger partial charge in [-0.3, -0.25) is 0 Å². The summed E-state index contributed by atoms with van der Waals surface area (Å²) >= 11 is 0. The molecular formula is C11H15NO. The molecule has 1 unspecified atom stereocenters. The minimum absolute atomic E-state index is 0.297. The molecule has 0 amide bonds. The monoisotopic (exact) mass is 177 g/mol. The van der Waals surface area contributed by atoms with Gasteiger partial charge in [0.2, 0.25) is 0 Å². The van der Waals surface area contributed by atoms with Crippen molar-refractivity contribution < 1.29 is 5.11 Å². The lowest BCUT2D eigenvalue weighted by Gasteiger charge is -2.08. The largest absolute Gasteiger partial charge is 0.508 e. The smallest absolute Gasteiger partial charge is 0.115 e. The van der Waals surface area contributed by atoms with Gasteiger partial charge in [0.05, 0.1) is 0 Å². The average molecular weight is 177 g/mol. The maximum atomic E-state index is 9.31. The number of hydrogen-bond acceptors (Lipinski definition) is 2. The molecule has 0 fully saturated rings. The zero-order valence-electron chi connectivity index (χ0n) is 7.66. The summed E-state index contributed by atoms with van der Waals surface area (Å²) in [6, 6.07) is 5.91. The minimum Gasteiger partial charge on any atom is -0.508 e. The maximum absolute atomic E-state index is 9.31. The molecule has 1 aromatic rings. The minimum atomic E-state index is 0.297. The van der Waals surface area contributed by atoms with E-state index in [2.05, 4.69) is 0 Å². The Labute approximate surface area is 78.4 Å². The van der Waals surface area contributed by atoms with Crippen LogP contribution in [0.1, 0.15) is 24.0 Å². The van der Waals surface area contributed by atoms with Gasteiger partial charge in [-0.1, -0.05) is 6.07 Å². The lowest BCUT2D eigenvalue weighted by Crippen LogP contribution is -2.21. The van der Waals surface area contributed by atoms with E-state index in [0.717, 1.165) is 25.7 Å². The Morgan fingerprint density at radius 1 is 1.31 bits per heavy atom. The van der Waals surface area contributed by atoms with Gasteiger partial charge in [0, 0.05) is 6.04 Å². The fourth-order valence-corrected chi connectivity index (χ4v) is 1.98. The number of fused-ring (bicyclic) bond motifs is 1. The van der Waals surface area contributed by atoms with Gasteiger partial charge in [0.1, 0.15) is 5.75 Å². The number of nitrogens with two attached hydrogens (primary N) is 1. The van der Waals surface area contributed by atoms with Crippen molar-refractivity contribution in [2.24, 2.45) is 5.73 Å². The predicted octanol–water partition coefficient (Wildman–Crippen LogP) is 1.60. The summed E-state index contributed by atoms with van der Waals surface area (Å²) in [5.41, 5.74) is 8.50. The zero-order valence-corrected chi connectivity index (χ0v) is 7.66. The first kappa shape index (κ1) is 8.57. The van der Waals surface area contributed by atoms with Crippen LogP contribution in [0.25, 0.3) is 0 Å². The first-order chi connectivity index (χ1) is 6.25. The van der Waals surface area contributed by atoms with Crippen molar-refractivity contribution in [1.82, 2.24) is 0 Å². The molecule has 2 nitrogen and oxygen atoms in total. The second-order valence-electron chi connectivity index (χ2n) is 3.81. The van der Waals surface area contributed by atoms with Crippen LogP contribution in [0.2, 0.25) is 0 Å². The molecule has 2 heteroatoms. The standard InChI is InChI=1S/C11H15NO/c12-10-3-1-2-8-7-11(13)5-4-9(8)6-10/h4-5,7,10,13H,1-3,6,12H2. The van der Waals surface area contributed by atoms with Crippen molar-refractivity contribution in [1.29, 1.82) is 0 Å². The second-order valence-corrected chi connectivity index (χ2v) is 3.81. The van der Waals surface area contributed by atoms with Crippen molar-refractivity contribution in [2.75, 3.05) is 0 Å². The van der Waals surface area contributed by atoms with Crippen LogP contribution < -0.4 is 5.73 Å². The van der Waals surface area contributed by atoms with Crippen molar-refractivity contribution in [3.05, 3.63) is 29.3 Å². The Morgan fingerprint density at radius 3 is 3.00 bits per heavy atom. The van der Waals surface area contributed by atoms with Gasteiger partial charge in [0.15, 0.2) is 0 Å². The first-order valence-electron chi connectivity index (χ1n) is 4.82. The van der Waals surface area contributed by atoms with Gasteiger partial charge < -0.3 is 10.8 Å². The highest BCUT2D eigenvalue weighted by Gasteiger charge is 2.13. The summed E-state index contributed by atoms with van der Waals surface area (Å²) in [6.07, 6.45) is 4.24. The van der Waals surface area contributed by atoms with E-state index in [9.17, 15) is 5.11 Å². The Morgan fingerprint density at radius 2 is 2.15 bits per heavy atom. The average Bonchev–Trinajstić information content (AvgIpc) is 2.25. The molecule has 0 aromatic heterocycles. The number of aryl methyl sites for hydroxylation is 1. The lowest BCUT2D eigenvalue weighted by molar-refractivity contribution is 0.474. The molecule has 0 aliphatic heterocycles. The summed E-state index contributed by atoms with van der Waals surface area (Å²) in [5.74, 6) is 0.370. The van der Waals surface area contributed by atoms with Crippen molar-refractivity contribution >= 4 is 0 Å². The lowest BCUT2D eigenvalue weighted by atomic mass is 10.0. The van der Waals surface area contributed by atoms with Gasteiger partial charge >= 0.3 is 0 Å². The van der Waals surface area contributed by atoms with Crippen LogP contribution in [-0.4, -0.2) is 11.1 Å². The molecule has 0 saturated carbocycles. The zero-order chi connectivity index (χ0) is 9.26. The maximum Gasteiger partial charge on any atom is 0.115 e. The Hall–Kier alpha value is -1.02. The first-order valence-corrected chi connectivity index (χ1v) is 4.82. The second kappa shape index (κ2) is 3.38. The van der Waals surface area contributed by atoms with Crippen LogP contribution in [-0.2, 0) is 12.8 Å². The number of rotatable bonds is 0. The Kier molecular flexibility index (Phi) is 2.23. The van der Waals surface area contributed by atoms with Crippen molar-refractivity contribution in [3.8, 4) is 5.75 Å². The molecule has 0 radical (unpaired) electrons. The molecule has 1 atom stereocenters. The van der Waals surface area contributed by atoms with E-state index in [1.165, 1.54) is 11.1 Å². The molecule has 13 heavy (non-hydrogen) atoms. The number of benzene rings is 1. The molecule has 1 aromatic carbocycles. The molecular weight excluding hydrogens is 162 g/mol. The van der Waals surface area contributed by atoms with Crippen LogP contribution in [0.15, 0.2) is 18.2 Å². The number of aromatic hydroxyl groups is 1. The van der Waals surface area contributed by atoms with Crippen LogP contribution in [0.4, 0.5) is 0 Å². The molecule has 70 valence electrons. The Bertz CT molecular complexity index is 309. The van der Waals surface area contributed by atoms with E-state index < -0.39 is 0 Å². The highest BCUT2D eigenvalue weighted by atomic mass is 16.3. The fourth-order valence-electron chi connectivity index (χ4n) is 1.98. The summed E-state index contributed by atoms with van der Waals surface area (Å²) in [7, 11) is 0. The quantitative estimate of drug-likeness (QED) is 0.591. The van der Waals surface area contributed by atoms with Crippen LogP contribution >= 0.6 is 0 Å². The van der Waals surface area contributed by atoms with Gasteiger partial charge in [-0.25, -0.2) is 0 Å². The number of phenolic OH excluding ortho intramolecular Hbond substituents is 1. The van der Waals surface area contributed by atoms with Crippen LogP contribution in [0.3, 0.4) is 0 Å². The topological polar surface area (TPSA) is 46.2 Å². The van der Waals surface area contributed by atoms with E-state index in [1.807, 2.05) is 12.1 Å². The third kappa shape index (κ3) is 1.83. The van der Waals surface area contributed by atoms with Crippen LogP contribution in [0.5, 0.6) is 5.75 Å². The Balaban J connectivity index is 2.34. The third-order valence-corrected chi connectivity index (χ3v) is 2.69.